The number of carbonyl (C=O) groups is 1. The molecule has 1 atom stereocenters. The van der Waals surface area contributed by atoms with Gasteiger partial charge >= 0.3 is 0 Å². The van der Waals surface area contributed by atoms with Crippen molar-refractivity contribution in [2.24, 2.45) is 11.8 Å². The van der Waals surface area contributed by atoms with Gasteiger partial charge in [-0.3, -0.25) is 4.79 Å². The van der Waals surface area contributed by atoms with Crippen molar-refractivity contribution >= 4 is 5.91 Å². The van der Waals surface area contributed by atoms with Crippen LogP contribution in [0.4, 0.5) is 0 Å². The molecule has 1 unspecified atom stereocenters. The van der Waals surface area contributed by atoms with Gasteiger partial charge in [0.15, 0.2) is 0 Å². The predicted molar refractivity (Wildman–Crippen MR) is 75.5 cm³/mol. The average molecular weight is 255 g/mol. The number of amides is 1. The van der Waals surface area contributed by atoms with Crippen molar-refractivity contribution in [1.29, 1.82) is 0 Å². The quantitative estimate of drug-likeness (QED) is 0.797. The summed E-state index contributed by atoms with van der Waals surface area (Å²) in [4.78, 5) is 16.9. The van der Waals surface area contributed by atoms with Crippen LogP contribution in [-0.2, 0) is 4.79 Å². The Hall–Kier alpha value is -0.610. The summed E-state index contributed by atoms with van der Waals surface area (Å²) in [5, 5.41) is 3.14. The summed E-state index contributed by atoms with van der Waals surface area (Å²) in [5.74, 6) is 0.784. The molecule has 0 aliphatic carbocycles. The van der Waals surface area contributed by atoms with Crippen LogP contribution in [0, 0.1) is 11.8 Å². The van der Waals surface area contributed by atoms with Crippen molar-refractivity contribution in [1.82, 2.24) is 15.1 Å². The Labute approximate surface area is 112 Å². The van der Waals surface area contributed by atoms with Crippen molar-refractivity contribution in [3.8, 4) is 0 Å². The molecule has 0 aromatic carbocycles. The third-order valence-electron chi connectivity index (χ3n) is 4.13. The van der Waals surface area contributed by atoms with Crippen LogP contribution in [0.1, 0.15) is 26.7 Å². The summed E-state index contributed by atoms with van der Waals surface area (Å²) < 4.78 is 0. The first-order chi connectivity index (χ1) is 8.47. The van der Waals surface area contributed by atoms with E-state index in [0.717, 1.165) is 32.5 Å². The smallest absolute Gasteiger partial charge is 0.227 e. The zero-order valence-electron chi connectivity index (χ0n) is 12.6. The van der Waals surface area contributed by atoms with Crippen molar-refractivity contribution in [2.45, 2.75) is 32.7 Å². The maximum Gasteiger partial charge on any atom is 0.227 e. The molecular formula is C14H29N3O. The second kappa shape index (κ2) is 7.10. The molecule has 0 radical (unpaired) electrons. The molecule has 18 heavy (non-hydrogen) atoms. The van der Waals surface area contributed by atoms with Crippen LogP contribution in [0.25, 0.3) is 0 Å². The summed E-state index contributed by atoms with van der Waals surface area (Å²) >= 11 is 0. The normalized spacial score (nSPS) is 20.1. The van der Waals surface area contributed by atoms with E-state index in [1.54, 1.807) is 0 Å². The molecule has 1 rings (SSSR count). The molecule has 4 nitrogen and oxygen atoms in total. The van der Waals surface area contributed by atoms with E-state index < -0.39 is 0 Å². The standard InChI is InChI=1S/C14H29N3O/c1-11(2)13(10-15-3)14(18)17(5)12-6-8-16(4)9-7-12/h11-13,15H,6-10H2,1-5H3. The molecule has 106 valence electrons. The Balaban J connectivity index is 2.58. The Bertz CT molecular complexity index is 260. The Kier molecular flexibility index (Phi) is 6.09. The minimum atomic E-state index is 0.0969. The van der Waals surface area contributed by atoms with Gasteiger partial charge < -0.3 is 15.1 Å². The fourth-order valence-corrected chi connectivity index (χ4v) is 2.65. The van der Waals surface area contributed by atoms with E-state index in [1.807, 2.05) is 19.0 Å². The summed E-state index contributed by atoms with van der Waals surface area (Å²) in [7, 11) is 6.04. The lowest BCUT2D eigenvalue weighted by Gasteiger charge is -2.37. The molecule has 1 heterocycles. The topological polar surface area (TPSA) is 35.6 Å². The molecule has 4 heteroatoms. The number of hydrogen-bond donors (Lipinski definition) is 1. The van der Waals surface area contributed by atoms with Crippen LogP contribution in [0.15, 0.2) is 0 Å². The van der Waals surface area contributed by atoms with E-state index in [9.17, 15) is 4.79 Å². The van der Waals surface area contributed by atoms with Gasteiger partial charge in [-0.05, 0) is 45.9 Å². The molecule has 0 bridgehead atoms. The van der Waals surface area contributed by atoms with Gasteiger partial charge in [-0.2, -0.15) is 0 Å². The summed E-state index contributed by atoms with van der Waals surface area (Å²) in [6, 6.07) is 0.423. The second-order valence-electron chi connectivity index (χ2n) is 5.89. The van der Waals surface area contributed by atoms with Gasteiger partial charge in [0.2, 0.25) is 5.91 Å². The Morgan fingerprint density at radius 3 is 2.39 bits per heavy atom. The highest BCUT2D eigenvalue weighted by atomic mass is 16.2. The first-order valence-electron chi connectivity index (χ1n) is 7.07. The van der Waals surface area contributed by atoms with Gasteiger partial charge in [0.1, 0.15) is 0 Å². The maximum atomic E-state index is 12.5. The first-order valence-corrected chi connectivity index (χ1v) is 7.07. The first kappa shape index (κ1) is 15.4. The predicted octanol–water partition coefficient (Wildman–Crippen LogP) is 1.03. The summed E-state index contributed by atoms with van der Waals surface area (Å²) in [6.07, 6.45) is 2.20. The SMILES string of the molecule is CNCC(C(=O)N(C)C1CCN(C)CC1)C(C)C. The molecule has 0 aromatic rings. The van der Waals surface area contributed by atoms with Gasteiger partial charge in [0, 0.05) is 19.6 Å². The monoisotopic (exact) mass is 255 g/mol. The number of rotatable bonds is 5. The van der Waals surface area contributed by atoms with Gasteiger partial charge in [-0.15, -0.1) is 0 Å². The number of piperidine rings is 1. The average Bonchev–Trinajstić information content (AvgIpc) is 2.35. The zero-order chi connectivity index (χ0) is 13.7. The maximum absolute atomic E-state index is 12.5. The molecule has 0 spiro atoms. The number of nitrogens with one attached hydrogen (secondary N) is 1. The second-order valence-corrected chi connectivity index (χ2v) is 5.89. The van der Waals surface area contributed by atoms with Crippen LogP contribution in [0.5, 0.6) is 0 Å². The summed E-state index contributed by atoms with van der Waals surface area (Å²) in [6.45, 7) is 7.22. The molecular weight excluding hydrogens is 226 g/mol. The van der Waals surface area contributed by atoms with Crippen LogP contribution in [0.3, 0.4) is 0 Å². The largest absolute Gasteiger partial charge is 0.342 e. The molecule has 0 saturated carbocycles. The fraction of sp³-hybridized carbons (Fsp3) is 0.929. The molecule has 1 saturated heterocycles. The number of carbonyl (C=O) groups excluding carboxylic acids is 1. The van der Waals surface area contributed by atoms with E-state index in [1.165, 1.54) is 0 Å². The molecule has 1 fully saturated rings. The highest BCUT2D eigenvalue weighted by Crippen LogP contribution is 2.19. The van der Waals surface area contributed by atoms with Crippen LogP contribution in [-0.4, -0.2) is 62.5 Å². The lowest BCUT2D eigenvalue weighted by molar-refractivity contribution is -0.138. The Morgan fingerprint density at radius 2 is 1.94 bits per heavy atom. The number of nitrogens with zero attached hydrogens (tertiary/aromatic N) is 2. The van der Waals surface area contributed by atoms with Crippen molar-refractivity contribution in [3.63, 3.8) is 0 Å². The van der Waals surface area contributed by atoms with E-state index in [4.69, 9.17) is 0 Å². The van der Waals surface area contributed by atoms with Crippen LogP contribution in [0.2, 0.25) is 0 Å². The Morgan fingerprint density at radius 1 is 1.39 bits per heavy atom. The minimum Gasteiger partial charge on any atom is -0.342 e. The van der Waals surface area contributed by atoms with Gasteiger partial charge in [0.05, 0.1) is 5.92 Å². The third-order valence-corrected chi connectivity index (χ3v) is 4.13. The van der Waals surface area contributed by atoms with Crippen LogP contribution >= 0.6 is 0 Å². The molecule has 1 amide bonds. The van der Waals surface area contributed by atoms with E-state index in [2.05, 4.69) is 31.1 Å². The van der Waals surface area contributed by atoms with Gasteiger partial charge in [-0.1, -0.05) is 13.8 Å². The minimum absolute atomic E-state index is 0.0969. The highest BCUT2D eigenvalue weighted by molar-refractivity contribution is 5.79. The molecule has 1 aliphatic heterocycles. The lowest BCUT2D eigenvalue weighted by Crippen LogP contribution is -2.48. The molecule has 0 aromatic heterocycles. The molecule has 1 N–H and O–H groups in total. The zero-order valence-corrected chi connectivity index (χ0v) is 12.6. The lowest BCUT2D eigenvalue weighted by atomic mass is 9.93. The van der Waals surface area contributed by atoms with Crippen molar-refractivity contribution in [2.75, 3.05) is 40.8 Å². The van der Waals surface area contributed by atoms with E-state index in [-0.39, 0.29) is 5.92 Å². The van der Waals surface area contributed by atoms with Gasteiger partial charge in [0.25, 0.3) is 0 Å². The van der Waals surface area contributed by atoms with Crippen LogP contribution < -0.4 is 5.32 Å². The fourth-order valence-electron chi connectivity index (χ4n) is 2.65. The third kappa shape index (κ3) is 3.95. The van der Waals surface area contributed by atoms with E-state index >= 15 is 0 Å². The van der Waals surface area contributed by atoms with Crippen molar-refractivity contribution in [3.05, 3.63) is 0 Å². The van der Waals surface area contributed by atoms with E-state index in [0.29, 0.717) is 17.9 Å². The molecule has 1 aliphatic rings. The number of likely N-dealkylation sites (tertiary alicyclic amines) is 1. The number of hydrogen-bond acceptors (Lipinski definition) is 3. The highest BCUT2D eigenvalue weighted by Gasteiger charge is 2.30. The van der Waals surface area contributed by atoms with Crippen molar-refractivity contribution < 1.29 is 4.79 Å². The summed E-state index contributed by atoms with van der Waals surface area (Å²) in [5.41, 5.74) is 0. The van der Waals surface area contributed by atoms with Gasteiger partial charge in [-0.25, -0.2) is 0 Å².